The molecule has 17 heteroatoms. The normalized spacial score (nSPS) is 22.6. The molecule has 8 rings (SSSR count). The van der Waals surface area contributed by atoms with Gasteiger partial charge in [0.2, 0.25) is 5.91 Å². The zero-order valence-corrected chi connectivity index (χ0v) is 37.1. The molecule has 2 aliphatic heterocycles. The van der Waals surface area contributed by atoms with Crippen molar-refractivity contribution in [3.63, 3.8) is 0 Å². The van der Waals surface area contributed by atoms with E-state index in [4.69, 9.17) is 19.4 Å². The minimum atomic E-state index is -4.35. The Morgan fingerprint density at radius 2 is 1.81 bits per heavy atom. The minimum absolute atomic E-state index is 0.0356. The first kappa shape index (κ1) is 43.4. The molecule has 0 bridgehead atoms. The van der Waals surface area contributed by atoms with Crippen molar-refractivity contribution in [1.82, 2.24) is 30.2 Å². The Morgan fingerprint density at radius 3 is 2.62 bits per heavy atom. The zero-order chi connectivity index (χ0) is 44.1. The number of sulfonamides is 1. The molecule has 1 saturated carbocycles. The maximum Gasteiger partial charge on any atom is 0.318 e. The van der Waals surface area contributed by atoms with Crippen LogP contribution in [-0.4, -0.2) is 85.1 Å². The molecule has 3 aromatic carbocycles. The van der Waals surface area contributed by atoms with Crippen LogP contribution in [0.5, 0.6) is 11.5 Å². The number of carbonyl (C=O) groups is 3. The van der Waals surface area contributed by atoms with Crippen LogP contribution in [0.25, 0.3) is 22.3 Å². The van der Waals surface area contributed by atoms with Gasteiger partial charge in [-0.1, -0.05) is 61.0 Å². The molecule has 2 fully saturated rings. The fourth-order valence-corrected chi connectivity index (χ4v) is 10.2. The van der Waals surface area contributed by atoms with Gasteiger partial charge in [0.15, 0.2) is 5.13 Å². The first-order chi connectivity index (χ1) is 30.4. The summed E-state index contributed by atoms with van der Waals surface area (Å²) >= 11 is 1.47. The first-order valence-electron chi connectivity index (χ1n) is 21.3. The van der Waals surface area contributed by atoms with Gasteiger partial charge in [0.1, 0.15) is 39.8 Å². The number of urea groups is 1. The number of rotatable bonds is 10. The Hall–Kier alpha value is -6.20. The number of likely N-dealkylation sites (tertiary alicyclic amines) is 1. The van der Waals surface area contributed by atoms with E-state index in [9.17, 15) is 22.8 Å². The molecule has 4 heterocycles. The van der Waals surface area contributed by atoms with Crippen LogP contribution in [0, 0.1) is 5.92 Å². The molecule has 15 nitrogen and oxygen atoms in total. The molecule has 0 unspecified atom stereocenters. The zero-order valence-electron chi connectivity index (χ0n) is 35.4. The molecule has 4 atom stereocenters. The number of carbonyl (C=O) groups excluding carboxylic acids is 3. The van der Waals surface area contributed by atoms with Gasteiger partial charge in [-0.05, 0) is 69.4 Å². The van der Waals surface area contributed by atoms with Gasteiger partial charge in [-0.2, -0.15) is 0 Å². The Kier molecular flexibility index (Phi) is 12.9. The van der Waals surface area contributed by atoms with E-state index in [0.29, 0.717) is 46.0 Å². The van der Waals surface area contributed by atoms with Gasteiger partial charge in [0, 0.05) is 54.4 Å². The largest absolute Gasteiger partial charge is 0.497 e. The number of amides is 4. The highest BCUT2D eigenvalue weighted by molar-refractivity contribution is 7.90. The predicted octanol–water partition coefficient (Wildman–Crippen LogP) is 6.84. The van der Waals surface area contributed by atoms with Crippen molar-refractivity contribution in [1.29, 1.82) is 0 Å². The average molecular weight is 893 g/mol. The van der Waals surface area contributed by atoms with Crippen LogP contribution in [0.2, 0.25) is 0 Å². The summed E-state index contributed by atoms with van der Waals surface area (Å²) in [5.41, 5.74) is 1.51. The third kappa shape index (κ3) is 9.89. The molecule has 1 saturated heterocycles. The quantitative estimate of drug-likeness (QED) is 0.0923. The van der Waals surface area contributed by atoms with Crippen LogP contribution in [-0.2, 0) is 26.2 Å². The number of anilines is 2. The van der Waals surface area contributed by atoms with Crippen LogP contribution in [0.15, 0.2) is 101 Å². The number of para-hydroxylation sites is 1. The number of fused-ring (bicyclic) bond motifs is 3. The van der Waals surface area contributed by atoms with Crippen molar-refractivity contribution < 1.29 is 32.3 Å². The second-order valence-electron chi connectivity index (χ2n) is 16.4. The fraction of sp³-hybridized carbons (Fsp3) is 0.370. The summed E-state index contributed by atoms with van der Waals surface area (Å²) in [4.78, 5) is 54.0. The van der Waals surface area contributed by atoms with Gasteiger partial charge in [-0.15, -0.1) is 11.3 Å². The lowest BCUT2D eigenvalue weighted by molar-refractivity contribution is -0.131. The van der Waals surface area contributed by atoms with Crippen molar-refractivity contribution >= 4 is 60.9 Å². The highest BCUT2D eigenvalue weighted by Gasteiger charge is 2.61. The summed E-state index contributed by atoms with van der Waals surface area (Å²) in [7, 11) is -2.77. The number of pyridine rings is 1. The molecule has 330 valence electrons. The van der Waals surface area contributed by atoms with Gasteiger partial charge in [0.25, 0.3) is 15.9 Å². The molecule has 5 N–H and O–H groups in total. The number of aromatic nitrogens is 2. The lowest BCUT2D eigenvalue weighted by atomic mass is 10.1. The summed E-state index contributed by atoms with van der Waals surface area (Å²) in [6.45, 7) is 4.90. The third-order valence-electron chi connectivity index (χ3n) is 11.5. The topological polar surface area (TPSA) is 193 Å². The van der Waals surface area contributed by atoms with Gasteiger partial charge in [0.05, 0.1) is 30.6 Å². The Balaban J connectivity index is 1.09. The monoisotopic (exact) mass is 892 g/mol. The van der Waals surface area contributed by atoms with E-state index < -0.39 is 51.5 Å². The van der Waals surface area contributed by atoms with Crippen molar-refractivity contribution in [2.45, 2.75) is 87.5 Å². The number of ether oxygens (including phenoxy) is 2. The van der Waals surface area contributed by atoms with Crippen LogP contribution in [0.3, 0.4) is 0 Å². The Morgan fingerprint density at radius 1 is 1.00 bits per heavy atom. The molecule has 0 radical (unpaired) electrons. The summed E-state index contributed by atoms with van der Waals surface area (Å²) in [6.07, 6.45) is 6.91. The van der Waals surface area contributed by atoms with Crippen molar-refractivity contribution in [2.24, 2.45) is 5.92 Å². The highest BCUT2D eigenvalue weighted by atomic mass is 32.2. The maximum atomic E-state index is 14.7. The summed E-state index contributed by atoms with van der Waals surface area (Å²) < 4.78 is 42.2. The highest BCUT2D eigenvalue weighted by Crippen LogP contribution is 2.46. The van der Waals surface area contributed by atoms with Crippen molar-refractivity contribution in [3.05, 3.63) is 102 Å². The van der Waals surface area contributed by atoms with Gasteiger partial charge >= 0.3 is 6.03 Å². The fourth-order valence-electron chi connectivity index (χ4n) is 8.09. The van der Waals surface area contributed by atoms with E-state index in [1.54, 1.807) is 25.3 Å². The second kappa shape index (κ2) is 18.6. The number of benzene rings is 3. The molecule has 4 amide bonds. The van der Waals surface area contributed by atoms with E-state index in [1.165, 1.54) is 22.3 Å². The lowest BCUT2D eigenvalue weighted by Crippen LogP contribution is -2.57. The number of nitrogens with one attached hydrogen (secondary N) is 5. The van der Waals surface area contributed by atoms with E-state index in [2.05, 4.69) is 26.0 Å². The number of hydrogen-bond acceptors (Lipinski definition) is 12. The van der Waals surface area contributed by atoms with Gasteiger partial charge in [-0.3, -0.25) is 9.59 Å². The van der Waals surface area contributed by atoms with Gasteiger partial charge in [-0.25, -0.2) is 27.9 Å². The van der Waals surface area contributed by atoms with Crippen LogP contribution >= 0.6 is 11.3 Å². The maximum absolute atomic E-state index is 14.7. The lowest BCUT2D eigenvalue weighted by Gasteiger charge is -2.26. The second-order valence-corrected chi connectivity index (χ2v) is 18.9. The molecule has 3 aliphatic rings. The van der Waals surface area contributed by atoms with Crippen molar-refractivity contribution in [2.75, 3.05) is 30.8 Å². The standard InChI is InChI=1S/C46H52N8O7S2/c1-29(2)49-44-51-38(28-62-44)37-24-40(34-20-19-32(60-3)22-36(34)50-37)61-33-23-39(54(27-33)45(57)48-26-30-14-8-7-9-15-30)42(55)52-46-25-31(46)16-10-5-4-6-13-21-47-35-17-11-12-18-41(35)63(58,59)53-43(46)56/h7-12,14-20,22,24,28-29,31,33,39,47H,4-6,13,21,23,25-27H2,1-3H3,(H,48,57)(H,49,51)(H,52,55)(H,53,56)/b16-10-/t31-,33-,39+,46-/m1/s1. The number of allylic oxidation sites excluding steroid dienone is 1. The molecule has 1 aliphatic carbocycles. The molecule has 2 aromatic heterocycles. The number of thiazole rings is 1. The average Bonchev–Trinajstić information content (AvgIpc) is 3.53. The van der Waals surface area contributed by atoms with E-state index in [0.717, 1.165) is 36.4 Å². The molecule has 0 spiro atoms. The van der Waals surface area contributed by atoms with E-state index in [1.807, 2.05) is 86.0 Å². The summed E-state index contributed by atoms with van der Waals surface area (Å²) in [6, 6.07) is 21.8. The van der Waals surface area contributed by atoms with Crippen LogP contribution in [0.1, 0.15) is 57.9 Å². The number of nitrogens with zero attached hydrogens (tertiary/aromatic N) is 3. The Bertz CT molecular complexity index is 2620. The molecule has 5 aromatic rings. The Labute approximate surface area is 371 Å². The molecule has 63 heavy (non-hydrogen) atoms. The van der Waals surface area contributed by atoms with Crippen LogP contribution in [0.4, 0.5) is 15.6 Å². The third-order valence-corrected chi connectivity index (χ3v) is 13.6. The first-order valence-corrected chi connectivity index (χ1v) is 23.6. The molecular formula is C46H52N8O7S2. The predicted molar refractivity (Wildman–Crippen MR) is 243 cm³/mol. The van der Waals surface area contributed by atoms with Crippen molar-refractivity contribution in [3.8, 4) is 22.9 Å². The summed E-state index contributed by atoms with van der Waals surface area (Å²) in [5, 5.41) is 15.8. The summed E-state index contributed by atoms with van der Waals surface area (Å²) in [5.74, 6) is -0.828. The van der Waals surface area contributed by atoms with Gasteiger partial charge < -0.3 is 35.6 Å². The van der Waals surface area contributed by atoms with E-state index >= 15 is 0 Å². The minimum Gasteiger partial charge on any atom is -0.497 e. The number of methoxy groups -OCH3 is 1. The SMILES string of the molecule is COc1ccc2c(O[C@@H]3C[C@@H](C(=O)N[C@]45C[C@H]4/C=C\CCCCCNc4ccccc4S(=O)(=O)NC5=O)N(C(=O)NCc4ccccc4)C3)cc(-c3csc(NC(C)C)n3)nc2c1. The smallest absolute Gasteiger partial charge is 0.318 e. The van der Waals surface area contributed by atoms with E-state index in [-0.39, 0.29) is 36.9 Å². The number of hydrogen-bond donors (Lipinski definition) is 5. The molecular weight excluding hydrogens is 841 g/mol. The van der Waals surface area contributed by atoms with Crippen LogP contribution < -0.4 is 35.5 Å².